The molecule has 1 amide bonds. The van der Waals surface area contributed by atoms with Gasteiger partial charge in [0.1, 0.15) is 0 Å². The number of amides is 1. The molecule has 0 atom stereocenters. The fourth-order valence-corrected chi connectivity index (χ4v) is 3.72. The highest BCUT2D eigenvalue weighted by molar-refractivity contribution is 7.89. The maximum absolute atomic E-state index is 12.3. The Morgan fingerprint density at radius 2 is 1.79 bits per heavy atom. The molecule has 0 bridgehead atoms. The molecule has 0 saturated carbocycles. The third-order valence-corrected chi connectivity index (χ3v) is 5.53. The number of sulfonamides is 1. The molecule has 0 radical (unpaired) electrons. The summed E-state index contributed by atoms with van der Waals surface area (Å²) in [6, 6.07) is 5.19. The highest BCUT2D eigenvalue weighted by Gasteiger charge is 2.16. The molecular weight excluding hydrogens is 326 g/mol. The van der Waals surface area contributed by atoms with E-state index in [0.717, 1.165) is 25.2 Å². The zero-order chi connectivity index (χ0) is 18.2. The largest absolute Gasteiger partial charge is 0.355 e. The second-order valence-corrected chi connectivity index (χ2v) is 7.53. The first-order valence-corrected chi connectivity index (χ1v) is 9.84. The molecule has 0 heterocycles. The zero-order valence-corrected chi connectivity index (χ0v) is 15.9. The number of aryl methyl sites for hydroxylation is 2. The van der Waals surface area contributed by atoms with Gasteiger partial charge in [0.25, 0.3) is 0 Å². The first-order valence-electron chi connectivity index (χ1n) is 8.36. The minimum atomic E-state index is -3.58. The fraction of sp³-hybridized carbons (Fsp3) is 0.588. The van der Waals surface area contributed by atoms with E-state index in [4.69, 9.17) is 0 Å². The highest BCUT2D eigenvalue weighted by atomic mass is 32.2. The lowest BCUT2D eigenvalue weighted by Gasteiger charge is -2.18. The van der Waals surface area contributed by atoms with Gasteiger partial charge in [0.2, 0.25) is 15.9 Å². The highest BCUT2D eigenvalue weighted by Crippen LogP contribution is 2.16. The van der Waals surface area contributed by atoms with Crippen molar-refractivity contribution in [2.75, 3.05) is 32.7 Å². The molecule has 0 saturated heterocycles. The lowest BCUT2D eigenvalue weighted by molar-refractivity contribution is -0.120. The molecule has 2 N–H and O–H groups in total. The summed E-state index contributed by atoms with van der Waals surface area (Å²) in [6.07, 6.45) is 0.127. The van der Waals surface area contributed by atoms with Gasteiger partial charge in [-0.2, -0.15) is 0 Å². The molecule has 1 rings (SSSR count). The van der Waals surface area contributed by atoms with E-state index >= 15 is 0 Å². The molecule has 1 aromatic carbocycles. The summed E-state index contributed by atoms with van der Waals surface area (Å²) >= 11 is 0. The third-order valence-electron chi connectivity index (χ3n) is 3.91. The Hall–Kier alpha value is -1.44. The summed E-state index contributed by atoms with van der Waals surface area (Å²) in [5.74, 6) is -0.148. The number of nitrogens with one attached hydrogen (secondary N) is 2. The smallest absolute Gasteiger partial charge is 0.240 e. The van der Waals surface area contributed by atoms with Crippen molar-refractivity contribution in [1.29, 1.82) is 0 Å². The van der Waals surface area contributed by atoms with Crippen LogP contribution in [-0.2, 0) is 14.8 Å². The monoisotopic (exact) mass is 355 g/mol. The van der Waals surface area contributed by atoms with Gasteiger partial charge in [-0.25, -0.2) is 13.1 Å². The standard InChI is InChI=1S/C17H29N3O3S/c1-5-20(6-2)12-11-18-17(21)9-10-19-24(22,23)16-8-7-14(3)13-15(16)4/h7-8,13,19H,5-6,9-12H2,1-4H3,(H,18,21). The minimum absolute atomic E-state index is 0.0900. The van der Waals surface area contributed by atoms with E-state index in [0.29, 0.717) is 12.1 Å². The van der Waals surface area contributed by atoms with Crippen LogP contribution < -0.4 is 10.0 Å². The van der Waals surface area contributed by atoms with Crippen LogP contribution in [0.3, 0.4) is 0 Å². The summed E-state index contributed by atoms with van der Waals surface area (Å²) < 4.78 is 27.0. The van der Waals surface area contributed by atoms with Gasteiger partial charge in [0.05, 0.1) is 4.90 Å². The predicted octanol–water partition coefficient (Wildman–Crippen LogP) is 1.43. The summed E-state index contributed by atoms with van der Waals surface area (Å²) in [4.78, 5) is 14.2. The van der Waals surface area contributed by atoms with E-state index in [-0.39, 0.29) is 23.8 Å². The van der Waals surface area contributed by atoms with Crippen LogP contribution >= 0.6 is 0 Å². The Balaban J connectivity index is 2.41. The Morgan fingerprint density at radius 1 is 1.12 bits per heavy atom. The van der Waals surface area contributed by atoms with Crippen LogP contribution in [0.1, 0.15) is 31.4 Å². The topological polar surface area (TPSA) is 78.5 Å². The van der Waals surface area contributed by atoms with Gasteiger partial charge >= 0.3 is 0 Å². The van der Waals surface area contributed by atoms with Crippen molar-refractivity contribution in [1.82, 2.24) is 14.9 Å². The molecule has 7 heteroatoms. The number of hydrogen-bond donors (Lipinski definition) is 2. The van der Waals surface area contributed by atoms with E-state index in [1.807, 2.05) is 13.0 Å². The maximum Gasteiger partial charge on any atom is 0.240 e. The lowest BCUT2D eigenvalue weighted by Crippen LogP contribution is -2.36. The van der Waals surface area contributed by atoms with Crippen molar-refractivity contribution in [3.8, 4) is 0 Å². The van der Waals surface area contributed by atoms with E-state index in [2.05, 4.69) is 28.8 Å². The van der Waals surface area contributed by atoms with Crippen LogP contribution in [0, 0.1) is 13.8 Å². The molecular formula is C17H29N3O3S. The van der Waals surface area contributed by atoms with Crippen molar-refractivity contribution in [3.63, 3.8) is 0 Å². The van der Waals surface area contributed by atoms with Gasteiger partial charge in [-0.1, -0.05) is 31.5 Å². The predicted molar refractivity (Wildman–Crippen MR) is 96.5 cm³/mol. The van der Waals surface area contributed by atoms with Gasteiger partial charge in [-0.15, -0.1) is 0 Å². The molecule has 6 nitrogen and oxygen atoms in total. The van der Waals surface area contributed by atoms with Crippen molar-refractivity contribution in [3.05, 3.63) is 29.3 Å². The van der Waals surface area contributed by atoms with E-state index < -0.39 is 10.0 Å². The second-order valence-electron chi connectivity index (χ2n) is 5.79. The first kappa shape index (κ1) is 20.6. The van der Waals surface area contributed by atoms with Crippen LogP contribution in [0.4, 0.5) is 0 Å². The number of nitrogens with zero attached hydrogens (tertiary/aromatic N) is 1. The van der Waals surface area contributed by atoms with Crippen LogP contribution in [-0.4, -0.2) is 51.9 Å². The van der Waals surface area contributed by atoms with Crippen molar-refractivity contribution in [2.45, 2.75) is 39.0 Å². The van der Waals surface area contributed by atoms with Crippen molar-refractivity contribution < 1.29 is 13.2 Å². The van der Waals surface area contributed by atoms with Crippen LogP contribution in [0.25, 0.3) is 0 Å². The summed E-state index contributed by atoms with van der Waals surface area (Å²) in [5, 5.41) is 2.81. The number of carbonyl (C=O) groups excluding carboxylic acids is 1. The quantitative estimate of drug-likeness (QED) is 0.665. The van der Waals surface area contributed by atoms with E-state index in [9.17, 15) is 13.2 Å². The molecule has 136 valence electrons. The molecule has 0 spiro atoms. The van der Waals surface area contributed by atoms with Crippen molar-refractivity contribution in [2.24, 2.45) is 0 Å². The van der Waals surface area contributed by atoms with Gasteiger partial charge in [-0.05, 0) is 38.6 Å². The number of benzene rings is 1. The first-order chi connectivity index (χ1) is 11.3. The van der Waals surface area contributed by atoms with Crippen LogP contribution in [0.15, 0.2) is 23.1 Å². The molecule has 0 aliphatic rings. The third kappa shape index (κ3) is 6.59. The molecule has 1 aromatic rings. The van der Waals surface area contributed by atoms with Gasteiger partial charge < -0.3 is 10.2 Å². The van der Waals surface area contributed by atoms with Gasteiger partial charge in [-0.3, -0.25) is 4.79 Å². The Bertz CT molecular complexity index is 640. The fourth-order valence-electron chi connectivity index (χ4n) is 2.46. The SMILES string of the molecule is CCN(CC)CCNC(=O)CCNS(=O)(=O)c1ccc(C)cc1C. The summed E-state index contributed by atoms with van der Waals surface area (Å²) in [5.41, 5.74) is 1.71. The normalized spacial score (nSPS) is 11.7. The van der Waals surface area contributed by atoms with E-state index in [1.54, 1.807) is 19.1 Å². The Kier molecular flexibility index (Phi) is 8.38. The number of carbonyl (C=O) groups is 1. The van der Waals surface area contributed by atoms with Gasteiger partial charge in [0.15, 0.2) is 0 Å². The average Bonchev–Trinajstić information content (AvgIpc) is 2.51. The number of likely N-dealkylation sites (N-methyl/N-ethyl adjacent to an activating group) is 1. The average molecular weight is 356 g/mol. The molecule has 0 aromatic heterocycles. The molecule has 0 unspecified atom stereocenters. The Labute approximate surface area is 145 Å². The van der Waals surface area contributed by atoms with E-state index in [1.165, 1.54) is 0 Å². The summed E-state index contributed by atoms with van der Waals surface area (Å²) in [6.45, 7) is 11.2. The lowest BCUT2D eigenvalue weighted by atomic mass is 10.2. The zero-order valence-electron chi connectivity index (χ0n) is 15.1. The van der Waals surface area contributed by atoms with Gasteiger partial charge in [0, 0.05) is 26.1 Å². The molecule has 0 aliphatic heterocycles. The molecule has 0 fully saturated rings. The molecule has 0 aliphatic carbocycles. The van der Waals surface area contributed by atoms with Crippen LogP contribution in [0.2, 0.25) is 0 Å². The summed E-state index contributed by atoms with van der Waals surface area (Å²) in [7, 11) is -3.58. The second kappa shape index (κ2) is 9.76. The van der Waals surface area contributed by atoms with Crippen LogP contribution in [0.5, 0.6) is 0 Å². The minimum Gasteiger partial charge on any atom is -0.355 e. The number of hydrogen-bond acceptors (Lipinski definition) is 4. The Morgan fingerprint density at radius 3 is 2.38 bits per heavy atom. The van der Waals surface area contributed by atoms with Crippen molar-refractivity contribution >= 4 is 15.9 Å². The maximum atomic E-state index is 12.3. The number of rotatable bonds is 10. The molecule has 24 heavy (non-hydrogen) atoms.